The molecule has 0 bridgehead atoms. The number of carbonyl (C=O) groups excluding carboxylic acids is 2. The van der Waals surface area contributed by atoms with Gasteiger partial charge in [-0.25, -0.2) is 12.8 Å². The van der Waals surface area contributed by atoms with E-state index in [1.807, 2.05) is 0 Å². The Hall–Kier alpha value is -2.04. The van der Waals surface area contributed by atoms with Gasteiger partial charge in [0.2, 0.25) is 0 Å². The first-order valence-electron chi connectivity index (χ1n) is 11.2. The molecule has 0 aliphatic carbocycles. The van der Waals surface area contributed by atoms with Crippen LogP contribution < -0.4 is 10.6 Å². The summed E-state index contributed by atoms with van der Waals surface area (Å²) in [7, 11) is -8.65. The van der Waals surface area contributed by atoms with Gasteiger partial charge in [-0.3, -0.25) is 18.0 Å². The Labute approximate surface area is 271 Å². The molecule has 2 amide bonds. The molecule has 2 aromatic carbocycles. The van der Waals surface area contributed by atoms with E-state index in [0.29, 0.717) is 15.7 Å². The Bertz CT molecular complexity index is 1580. The van der Waals surface area contributed by atoms with Crippen LogP contribution in [0.15, 0.2) is 36.4 Å². The van der Waals surface area contributed by atoms with Gasteiger partial charge in [-0.2, -0.15) is 26.3 Å². The van der Waals surface area contributed by atoms with Gasteiger partial charge in [-0.1, -0.05) is 18.2 Å². The molecule has 2 rings (SSSR count). The minimum absolute atomic E-state index is 0. The van der Waals surface area contributed by atoms with Crippen molar-refractivity contribution in [3.05, 3.63) is 62.2 Å². The van der Waals surface area contributed by atoms with Crippen LogP contribution in [0.25, 0.3) is 0 Å². The monoisotopic (exact) mass is 841 g/mol. The second-order valence-electron chi connectivity index (χ2n) is 9.62. The van der Waals surface area contributed by atoms with Gasteiger partial charge in [0.25, 0.3) is 11.8 Å². The summed E-state index contributed by atoms with van der Waals surface area (Å²) in [5.41, 5.74) is -9.45. The van der Waals surface area contributed by atoms with Crippen LogP contribution in [0.2, 0.25) is 0 Å². The molecule has 21 heteroatoms. The largest absolute Gasteiger partial charge is 2.00 e. The molecule has 1 radical (unpaired) electrons. The first-order chi connectivity index (χ1) is 19.0. The SMILES string of the molecule is Cc1cc(C(F)(C(F)(F)F)C(F)(F)F)ccc1NC(=O)c1cccc(I)c1C(=O)NC(C)(C)CS(C)(=O)=O.O=S(=O)([O-])[O-].[Cu+2]. The molecular weight excluding hydrogens is 820 g/mol. The van der Waals surface area contributed by atoms with Gasteiger partial charge in [0.05, 0.1) is 16.9 Å². The molecular formula is C23H22CuF7IN2O8S2. The molecule has 0 aliphatic heterocycles. The molecule has 0 unspecified atom stereocenters. The Morgan fingerprint density at radius 1 is 0.886 bits per heavy atom. The van der Waals surface area contributed by atoms with Crippen molar-refractivity contribution in [2.45, 2.75) is 44.3 Å². The zero-order valence-corrected chi connectivity index (χ0v) is 27.3. The molecule has 2 N–H and O–H groups in total. The molecule has 10 nitrogen and oxygen atoms in total. The number of aryl methyl sites for hydroxylation is 1. The summed E-state index contributed by atoms with van der Waals surface area (Å²) in [4.78, 5) is 26.0. The Balaban J connectivity index is 0.00000284. The zero-order valence-electron chi connectivity index (χ0n) is 22.6. The number of benzene rings is 2. The van der Waals surface area contributed by atoms with Crippen LogP contribution >= 0.6 is 22.6 Å². The standard InChI is InChI=1S/C23H22F7IN2O4S.Cu.H2O4S/c1-12-10-13(21(24,22(25,26)27)23(28,29)30)8-9-16(12)32-18(34)14-6-5-7-15(31)17(14)19(35)33-20(2,3)11-38(4,36)37;;1-5(2,3)4/h5-10H,11H2,1-4H3,(H,32,34)(H,33,35);;(H2,1,2,3,4)/q;+2;/p-2. The molecule has 0 aromatic heterocycles. The van der Waals surface area contributed by atoms with E-state index in [9.17, 15) is 48.7 Å². The Morgan fingerprint density at radius 2 is 1.36 bits per heavy atom. The maximum Gasteiger partial charge on any atom is 2.00 e. The molecule has 0 fully saturated rings. The van der Waals surface area contributed by atoms with Crippen LogP contribution in [0, 0.1) is 10.5 Å². The summed E-state index contributed by atoms with van der Waals surface area (Å²) >= 11 is 1.77. The third-order valence-corrected chi connectivity index (χ3v) is 7.36. The number of halogens is 8. The van der Waals surface area contributed by atoms with Crippen molar-refractivity contribution in [3.63, 3.8) is 0 Å². The quantitative estimate of drug-likeness (QED) is 0.136. The first kappa shape index (κ1) is 42.0. The predicted octanol–water partition coefficient (Wildman–Crippen LogP) is 4.35. The maximum atomic E-state index is 14.4. The number of anilines is 1. The molecule has 0 heterocycles. The molecule has 2 aromatic rings. The summed E-state index contributed by atoms with van der Waals surface area (Å²) in [6.45, 7) is 3.99. The molecule has 0 spiro atoms. The number of hydrogen-bond donors (Lipinski definition) is 2. The summed E-state index contributed by atoms with van der Waals surface area (Å²) < 4.78 is 151. The maximum absolute atomic E-state index is 14.4. The fourth-order valence-corrected chi connectivity index (χ4v) is 5.83. The van der Waals surface area contributed by atoms with Gasteiger partial charge in [-0.15, -0.1) is 0 Å². The minimum atomic E-state index is -6.30. The van der Waals surface area contributed by atoms with E-state index < -0.39 is 66.9 Å². The van der Waals surface area contributed by atoms with E-state index in [4.69, 9.17) is 17.5 Å². The van der Waals surface area contributed by atoms with Gasteiger partial charge in [0.1, 0.15) is 9.84 Å². The van der Waals surface area contributed by atoms with Crippen molar-refractivity contribution in [1.29, 1.82) is 0 Å². The van der Waals surface area contributed by atoms with E-state index in [1.165, 1.54) is 32.0 Å². The normalized spacial score (nSPS) is 12.8. The summed E-state index contributed by atoms with van der Waals surface area (Å²) in [6.07, 6.45) is -11.6. The number of sulfone groups is 1. The molecule has 0 saturated carbocycles. The number of alkyl halides is 7. The summed E-state index contributed by atoms with van der Waals surface area (Å²) in [5, 5.41) is 4.84. The van der Waals surface area contributed by atoms with Crippen molar-refractivity contribution < 1.29 is 83.3 Å². The zero-order chi connectivity index (χ0) is 34.0. The second-order valence-corrected chi connectivity index (χ2v) is 13.7. The molecule has 0 aliphatic rings. The van der Waals surface area contributed by atoms with Gasteiger partial charge < -0.3 is 19.7 Å². The van der Waals surface area contributed by atoms with Crippen molar-refractivity contribution in [2.75, 3.05) is 17.3 Å². The predicted molar refractivity (Wildman–Crippen MR) is 145 cm³/mol. The number of carbonyl (C=O) groups is 2. The number of nitrogens with one attached hydrogen (secondary N) is 2. The van der Waals surface area contributed by atoms with E-state index in [0.717, 1.165) is 13.2 Å². The van der Waals surface area contributed by atoms with Crippen LogP contribution in [0.1, 0.15) is 45.7 Å². The average molecular weight is 842 g/mol. The van der Waals surface area contributed by atoms with Gasteiger partial charge >= 0.3 is 35.1 Å². The average Bonchev–Trinajstić information content (AvgIpc) is 2.74. The Morgan fingerprint density at radius 3 is 1.77 bits per heavy atom. The minimum Gasteiger partial charge on any atom is -0.759 e. The molecule has 0 saturated heterocycles. The van der Waals surface area contributed by atoms with Crippen LogP contribution in [-0.4, -0.2) is 67.7 Å². The fourth-order valence-electron chi connectivity index (χ4n) is 3.70. The summed E-state index contributed by atoms with van der Waals surface area (Å²) in [5.74, 6) is -2.14. The van der Waals surface area contributed by atoms with Gasteiger partial charge in [-0.05, 0) is 67.1 Å². The topological polar surface area (TPSA) is 173 Å². The van der Waals surface area contributed by atoms with E-state index in [1.54, 1.807) is 22.6 Å². The third kappa shape index (κ3) is 11.7. The van der Waals surface area contributed by atoms with Gasteiger partial charge in [0, 0.05) is 37.0 Å². The number of hydrogen-bond acceptors (Lipinski definition) is 8. The smallest absolute Gasteiger partial charge is 0.759 e. The van der Waals surface area contributed by atoms with Crippen LogP contribution in [0.4, 0.5) is 36.4 Å². The van der Waals surface area contributed by atoms with E-state index >= 15 is 0 Å². The van der Waals surface area contributed by atoms with Crippen LogP contribution in [0.3, 0.4) is 0 Å². The Kier molecular flexibility index (Phi) is 13.9. The molecule has 44 heavy (non-hydrogen) atoms. The number of amides is 2. The van der Waals surface area contributed by atoms with E-state index in [-0.39, 0.29) is 45.5 Å². The van der Waals surface area contributed by atoms with Crippen LogP contribution in [0.5, 0.6) is 0 Å². The molecule has 251 valence electrons. The van der Waals surface area contributed by atoms with Crippen molar-refractivity contribution >= 4 is 60.3 Å². The van der Waals surface area contributed by atoms with Crippen LogP contribution in [-0.2, 0) is 43.0 Å². The first-order valence-corrected chi connectivity index (χ1v) is 15.7. The van der Waals surface area contributed by atoms with Crippen molar-refractivity contribution in [1.82, 2.24) is 5.32 Å². The van der Waals surface area contributed by atoms with Crippen molar-refractivity contribution in [2.24, 2.45) is 0 Å². The van der Waals surface area contributed by atoms with E-state index in [2.05, 4.69) is 10.6 Å². The van der Waals surface area contributed by atoms with Gasteiger partial charge in [0.15, 0.2) is 0 Å². The summed E-state index contributed by atoms with van der Waals surface area (Å²) in [6, 6.07) is 5.45. The second kappa shape index (κ2) is 14.6. The van der Waals surface area contributed by atoms with Crippen molar-refractivity contribution in [3.8, 4) is 0 Å². The number of rotatable bonds is 7. The fraction of sp³-hybridized carbons (Fsp3) is 0.391. The molecule has 0 atom stereocenters. The third-order valence-electron chi connectivity index (χ3n) is 5.21.